The summed E-state index contributed by atoms with van der Waals surface area (Å²) in [6.07, 6.45) is 1.89. The van der Waals surface area contributed by atoms with Crippen molar-refractivity contribution in [3.63, 3.8) is 0 Å². The number of methoxy groups -OCH3 is 1. The van der Waals surface area contributed by atoms with Gasteiger partial charge >= 0.3 is 0 Å². The van der Waals surface area contributed by atoms with Gasteiger partial charge in [-0.05, 0) is 61.6 Å². The Balaban J connectivity index is 1.74. The Morgan fingerprint density at radius 3 is 2.50 bits per heavy atom. The van der Waals surface area contributed by atoms with E-state index in [1.54, 1.807) is 20.1 Å². The van der Waals surface area contributed by atoms with Crippen molar-refractivity contribution in [2.45, 2.75) is 38.6 Å². The summed E-state index contributed by atoms with van der Waals surface area (Å²) in [4.78, 5) is 4.71. The SMILES string of the molecule is CCNC(=NCc1ccc(F)c(C)c1)NCC1(c2ccc(OC)cc2)CCOCC1. The number of halogens is 1. The molecule has 0 spiro atoms. The highest BCUT2D eigenvalue weighted by atomic mass is 19.1. The van der Waals surface area contributed by atoms with E-state index in [9.17, 15) is 4.39 Å². The molecule has 0 unspecified atom stereocenters. The van der Waals surface area contributed by atoms with Crippen molar-refractivity contribution in [3.8, 4) is 5.75 Å². The Bertz CT molecular complexity index is 846. The average Bonchev–Trinajstić information content (AvgIpc) is 2.78. The van der Waals surface area contributed by atoms with E-state index >= 15 is 0 Å². The number of guanidine groups is 1. The van der Waals surface area contributed by atoms with Gasteiger partial charge in [0.15, 0.2) is 5.96 Å². The largest absolute Gasteiger partial charge is 0.497 e. The monoisotopic (exact) mass is 413 g/mol. The molecule has 2 aromatic rings. The number of ether oxygens (including phenoxy) is 2. The van der Waals surface area contributed by atoms with Crippen LogP contribution >= 0.6 is 0 Å². The summed E-state index contributed by atoms with van der Waals surface area (Å²) in [5.74, 6) is 1.44. The zero-order valence-electron chi connectivity index (χ0n) is 18.1. The van der Waals surface area contributed by atoms with Crippen LogP contribution < -0.4 is 15.4 Å². The molecule has 0 saturated carbocycles. The molecule has 1 heterocycles. The van der Waals surface area contributed by atoms with E-state index in [1.165, 1.54) is 11.6 Å². The quantitative estimate of drug-likeness (QED) is 0.533. The van der Waals surface area contributed by atoms with E-state index in [4.69, 9.17) is 14.5 Å². The van der Waals surface area contributed by atoms with Crippen LogP contribution in [-0.4, -0.2) is 39.4 Å². The molecule has 5 nitrogen and oxygen atoms in total. The zero-order valence-corrected chi connectivity index (χ0v) is 18.1. The number of benzene rings is 2. The molecule has 0 bridgehead atoms. The van der Waals surface area contributed by atoms with Crippen molar-refractivity contribution in [2.24, 2.45) is 4.99 Å². The highest BCUT2D eigenvalue weighted by molar-refractivity contribution is 5.79. The van der Waals surface area contributed by atoms with Crippen LogP contribution in [0.1, 0.15) is 36.5 Å². The van der Waals surface area contributed by atoms with Crippen LogP contribution in [0.5, 0.6) is 5.75 Å². The lowest BCUT2D eigenvalue weighted by Gasteiger charge is -2.38. The molecule has 1 aliphatic heterocycles. The molecule has 162 valence electrons. The van der Waals surface area contributed by atoms with Crippen molar-refractivity contribution < 1.29 is 13.9 Å². The first-order valence-electron chi connectivity index (χ1n) is 10.6. The third-order valence-electron chi connectivity index (χ3n) is 5.73. The lowest BCUT2D eigenvalue weighted by molar-refractivity contribution is 0.0513. The molecule has 30 heavy (non-hydrogen) atoms. The molecule has 1 saturated heterocycles. The molecular weight excluding hydrogens is 381 g/mol. The third kappa shape index (κ3) is 5.51. The lowest BCUT2D eigenvalue weighted by atomic mass is 9.74. The van der Waals surface area contributed by atoms with E-state index in [1.807, 2.05) is 25.1 Å². The summed E-state index contributed by atoms with van der Waals surface area (Å²) in [6.45, 7) is 7.34. The Morgan fingerprint density at radius 1 is 1.13 bits per heavy atom. The van der Waals surface area contributed by atoms with Gasteiger partial charge in [0.25, 0.3) is 0 Å². The average molecular weight is 414 g/mol. The normalized spacial score (nSPS) is 16.2. The molecule has 2 N–H and O–H groups in total. The van der Waals surface area contributed by atoms with Gasteiger partial charge in [-0.1, -0.05) is 24.3 Å². The summed E-state index contributed by atoms with van der Waals surface area (Å²) in [7, 11) is 1.68. The minimum absolute atomic E-state index is 0.0207. The lowest BCUT2D eigenvalue weighted by Crippen LogP contribution is -2.48. The third-order valence-corrected chi connectivity index (χ3v) is 5.73. The molecule has 0 aliphatic carbocycles. The van der Waals surface area contributed by atoms with Crippen molar-refractivity contribution in [2.75, 3.05) is 33.4 Å². The molecule has 0 radical (unpaired) electrons. The second kappa shape index (κ2) is 10.4. The van der Waals surface area contributed by atoms with Crippen LogP contribution in [-0.2, 0) is 16.7 Å². The summed E-state index contributed by atoms with van der Waals surface area (Å²) in [5, 5.41) is 6.85. The van der Waals surface area contributed by atoms with Gasteiger partial charge in [0.2, 0.25) is 0 Å². The van der Waals surface area contributed by atoms with Crippen molar-refractivity contribution in [3.05, 3.63) is 65.0 Å². The maximum Gasteiger partial charge on any atom is 0.191 e. The van der Waals surface area contributed by atoms with E-state index in [2.05, 4.69) is 22.8 Å². The van der Waals surface area contributed by atoms with Gasteiger partial charge in [0.05, 0.1) is 13.7 Å². The minimum atomic E-state index is -0.186. The van der Waals surface area contributed by atoms with Crippen molar-refractivity contribution >= 4 is 5.96 Å². The molecule has 2 aromatic carbocycles. The number of aliphatic imine (C=N–C) groups is 1. The number of rotatable bonds is 7. The number of aryl methyl sites for hydroxylation is 1. The van der Waals surface area contributed by atoms with Gasteiger partial charge in [-0.2, -0.15) is 0 Å². The second-order valence-corrected chi connectivity index (χ2v) is 7.75. The topological polar surface area (TPSA) is 54.9 Å². The van der Waals surface area contributed by atoms with Crippen LogP contribution in [0.15, 0.2) is 47.5 Å². The highest BCUT2D eigenvalue weighted by Crippen LogP contribution is 2.35. The van der Waals surface area contributed by atoms with Crippen LogP contribution in [0.25, 0.3) is 0 Å². The number of hydrogen-bond donors (Lipinski definition) is 2. The standard InChI is InChI=1S/C24H32FN3O2/c1-4-26-23(27-16-19-5-10-22(25)18(2)15-19)28-17-24(11-13-30-14-12-24)20-6-8-21(29-3)9-7-20/h5-10,15H,4,11-14,16-17H2,1-3H3,(H2,26,27,28). The zero-order chi connectivity index (χ0) is 21.4. The maximum absolute atomic E-state index is 13.5. The minimum Gasteiger partial charge on any atom is -0.497 e. The summed E-state index contributed by atoms with van der Waals surface area (Å²) in [6, 6.07) is 13.5. The van der Waals surface area contributed by atoms with Gasteiger partial charge in [0, 0.05) is 31.7 Å². The number of nitrogens with zero attached hydrogens (tertiary/aromatic N) is 1. The molecule has 0 amide bonds. The molecule has 6 heteroatoms. The van der Waals surface area contributed by atoms with Gasteiger partial charge < -0.3 is 20.1 Å². The fourth-order valence-corrected chi connectivity index (χ4v) is 3.84. The Hall–Kier alpha value is -2.60. The molecule has 1 fully saturated rings. The molecule has 0 atom stereocenters. The molecule has 1 aliphatic rings. The van der Waals surface area contributed by atoms with Crippen LogP contribution in [0.2, 0.25) is 0 Å². The van der Waals surface area contributed by atoms with Crippen LogP contribution in [0, 0.1) is 12.7 Å². The maximum atomic E-state index is 13.5. The van der Waals surface area contributed by atoms with Gasteiger partial charge in [-0.15, -0.1) is 0 Å². The molecule has 0 aromatic heterocycles. The van der Waals surface area contributed by atoms with Gasteiger partial charge in [-0.25, -0.2) is 9.38 Å². The predicted molar refractivity (Wildman–Crippen MR) is 119 cm³/mol. The van der Waals surface area contributed by atoms with E-state index < -0.39 is 0 Å². The summed E-state index contributed by atoms with van der Waals surface area (Å²) >= 11 is 0. The van der Waals surface area contributed by atoms with E-state index in [0.717, 1.165) is 56.4 Å². The highest BCUT2D eigenvalue weighted by Gasteiger charge is 2.34. The first-order chi connectivity index (χ1) is 14.6. The van der Waals surface area contributed by atoms with E-state index in [0.29, 0.717) is 12.1 Å². The van der Waals surface area contributed by atoms with Crippen LogP contribution in [0.3, 0.4) is 0 Å². The Kier molecular flexibility index (Phi) is 7.69. The van der Waals surface area contributed by atoms with Crippen molar-refractivity contribution in [1.82, 2.24) is 10.6 Å². The molecule has 3 rings (SSSR count). The summed E-state index contributed by atoms with van der Waals surface area (Å²) < 4.78 is 24.5. The predicted octanol–water partition coefficient (Wildman–Crippen LogP) is 3.95. The van der Waals surface area contributed by atoms with Gasteiger partial charge in [-0.3, -0.25) is 0 Å². The fourth-order valence-electron chi connectivity index (χ4n) is 3.84. The number of nitrogens with one attached hydrogen (secondary N) is 2. The second-order valence-electron chi connectivity index (χ2n) is 7.75. The summed E-state index contributed by atoms with van der Waals surface area (Å²) in [5.41, 5.74) is 2.89. The van der Waals surface area contributed by atoms with Gasteiger partial charge in [0.1, 0.15) is 11.6 Å². The molecular formula is C24H32FN3O2. The van der Waals surface area contributed by atoms with Crippen LogP contribution in [0.4, 0.5) is 4.39 Å². The smallest absolute Gasteiger partial charge is 0.191 e. The first-order valence-corrected chi connectivity index (χ1v) is 10.6. The Labute approximate surface area is 178 Å². The van der Waals surface area contributed by atoms with E-state index in [-0.39, 0.29) is 11.2 Å². The fraction of sp³-hybridized carbons (Fsp3) is 0.458. The van der Waals surface area contributed by atoms with Crippen molar-refractivity contribution in [1.29, 1.82) is 0 Å². The Morgan fingerprint density at radius 2 is 1.87 bits per heavy atom. The first kappa shape index (κ1) is 22.1. The number of hydrogen-bond acceptors (Lipinski definition) is 3.